The fourth-order valence-corrected chi connectivity index (χ4v) is 6.01. The molecular formula is C33H33N5O4. The van der Waals surface area contributed by atoms with Gasteiger partial charge in [-0.1, -0.05) is 42.5 Å². The van der Waals surface area contributed by atoms with Crippen LogP contribution in [0.3, 0.4) is 0 Å². The highest BCUT2D eigenvalue weighted by Gasteiger charge is 2.35. The van der Waals surface area contributed by atoms with E-state index in [9.17, 15) is 14.4 Å². The molecular weight excluding hydrogens is 530 g/mol. The molecule has 2 bridgehead atoms. The van der Waals surface area contributed by atoms with E-state index in [1.54, 1.807) is 49.6 Å². The van der Waals surface area contributed by atoms with Gasteiger partial charge < -0.3 is 30.2 Å². The van der Waals surface area contributed by atoms with Gasteiger partial charge in [-0.2, -0.15) is 0 Å². The number of carbonyl (C=O) groups is 2. The van der Waals surface area contributed by atoms with Gasteiger partial charge in [-0.15, -0.1) is 0 Å². The second-order valence-electron chi connectivity index (χ2n) is 10.8. The first-order valence-electron chi connectivity index (χ1n) is 14.1. The van der Waals surface area contributed by atoms with E-state index in [1.165, 1.54) is 0 Å². The molecule has 2 unspecified atom stereocenters. The van der Waals surface area contributed by atoms with Gasteiger partial charge in [-0.25, -0.2) is 4.79 Å². The molecule has 9 nitrogen and oxygen atoms in total. The zero-order valence-corrected chi connectivity index (χ0v) is 23.4. The molecule has 9 heteroatoms. The maximum absolute atomic E-state index is 13.2. The van der Waals surface area contributed by atoms with E-state index in [2.05, 4.69) is 20.9 Å². The van der Waals surface area contributed by atoms with Crippen LogP contribution in [0.25, 0.3) is 0 Å². The van der Waals surface area contributed by atoms with Gasteiger partial charge in [0, 0.05) is 61.2 Å². The summed E-state index contributed by atoms with van der Waals surface area (Å²) >= 11 is 0. The molecule has 3 heterocycles. The van der Waals surface area contributed by atoms with E-state index < -0.39 is 6.03 Å². The number of nitrogens with one attached hydrogen (secondary N) is 3. The molecule has 3 aromatic carbocycles. The number of anilines is 3. The molecule has 1 fully saturated rings. The quantitative estimate of drug-likeness (QED) is 0.292. The summed E-state index contributed by atoms with van der Waals surface area (Å²) in [6.07, 6.45) is 1.01. The van der Waals surface area contributed by atoms with Crippen LogP contribution in [0.1, 0.15) is 34.0 Å². The number of hydrogen-bond donors (Lipinski definition) is 3. The van der Waals surface area contributed by atoms with E-state index >= 15 is 0 Å². The van der Waals surface area contributed by atoms with Crippen LogP contribution < -0.4 is 31.1 Å². The zero-order chi connectivity index (χ0) is 29.1. The SMILES string of the molecule is COc1cccc(NC(=O)Nc2cc(C(=O)NCc3ccccc3)ccc2N2CC3CC(C2)c2cccc(=O)n2C3)c1. The minimum Gasteiger partial charge on any atom is -0.497 e. The minimum absolute atomic E-state index is 0.0399. The molecule has 3 amide bonds. The number of ether oxygens (including phenoxy) is 1. The molecule has 2 aliphatic heterocycles. The Hall–Kier alpha value is -5.05. The second-order valence-corrected chi connectivity index (χ2v) is 10.8. The Morgan fingerprint density at radius 3 is 2.55 bits per heavy atom. The number of methoxy groups -OCH3 is 1. The Kier molecular flexibility index (Phi) is 7.64. The smallest absolute Gasteiger partial charge is 0.323 e. The van der Waals surface area contributed by atoms with Crippen molar-refractivity contribution in [2.24, 2.45) is 5.92 Å². The molecule has 1 aromatic heterocycles. The molecule has 0 saturated carbocycles. The van der Waals surface area contributed by atoms with Crippen LogP contribution in [0.4, 0.5) is 21.9 Å². The molecule has 2 atom stereocenters. The van der Waals surface area contributed by atoms with E-state index in [0.717, 1.165) is 29.9 Å². The van der Waals surface area contributed by atoms with Gasteiger partial charge >= 0.3 is 6.03 Å². The lowest BCUT2D eigenvalue weighted by Crippen LogP contribution is -2.47. The summed E-state index contributed by atoms with van der Waals surface area (Å²) in [5.74, 6) is 0.887. The second kappa shape index (κ2) is 11.8. The normalized spacial score (nSPS) is 17.1. The number of nitrogens with zero attached hydrogens (tertiary/aromatic N) is 2. The van der Waals surface area contributed by atoms with Crippen LogP contribution in [0.15, 0.2) is 95.8 Å². The summed E-state index contributed by atoms with van der Waals surface area (Å²) in [5.41, 5.74) is 4.48. The Balaban J connectivity index is 1.27. The Bertz CT molecular complexity index is 1670. The van der Waals surface area contributed by atoms with E-state index in [-0.39, 0.29) is 17.4 Å². The summed E-state index contributed by atoms with van der Waals surface area (Å²) < 4.78 is 7.17. The van der Waals surface area contributed by atoms with Crippen molar-refractivity contribution >= 4 is 29.0 Å². The van der Waals surface area contributed by atoms with E-state index in [4.69, 9.17) is 4.74 Å². The highest BCUT2D eigenvalue weighted by Crippen LogP contribution is 2.39. The van der Waals surface area contributed by atoms with Gasteiger partial charge in [-0.3, -0.25) is 9.59 Å². The number of hydrogen-bond acceptors (Lipinski definition) is 5. The van der Waals surface area contributed by atoms with Crippen molar-refractivity contribution in [2.45, 2.75) is 25.4 Å². The molecule has 0 aliphatic carbocycles. The number of urea groups is 1. The predicted octanol–water partition coefficient (Wildman–Crippen LogP) is 5.05. The van der Waals surface area contributed by atoms with Crippen molar-refractivity contribution in [3.05, 3.63) is 118 Å². The standard InChI is InChI=1S/C33H33N5O4/c1-42-27-10-5-9-26(17-27)35-33(41)36-28-16-24(32(40)34-18-22-7-3-2-4-8-22)13-14-30(28)37-19-23-15-25(21-37)29-11-6-12-31(39)38(29)20-23/h2-14,16-17,23,25H,15,18-21H2,1H3,(H,34,40)(H2,35,36,41). The van der Waals surface area contributed by atoms with Gasteiger partial charge in [0.05, 0.1) is 18.5 Å². The third-order valence-corrected chi connectivity index (χ3v) is 7.95. The fourth-order valence-electron chi connectivity index (χ4n) is 6.01. The van der Waals surface area contributed by atoms with E-state index in [0.29, 0.717) is 48.2 Å². The van der Waals surface area contributed by atoms with Crippen LogP contribution in [0.2, 0.25) is 0 Å². The van der Waals surface area contributed by atoms with Crippen LogP contribution in [0, 0.1) is 5.92 Å². The van der Waals surface area contributed by atoms with Gasteiger partial charge in [0.1, 0.15) is 5.75 Å². The average Bonchev–Trinajstić information content (AvgIpc) is 3.01. The topological polar surface area (TPSA) is 105 Å². The third-order valence-electron chi connectivity index (χ3n) is 7.95. The maximum atomic E-state index is 13.2. The maximum Gasteiger partial charge on any atom is 0.323 e. The summed E-state index contributed by atoms with van der Waals surface area (Å²) in [6.45, 7) is 2.50. The fraction of sp³-hybridized carbons (Fsp3) is 0.242. The van der Waals surface area contributed by atoms with Crippen molar-refractivity contribution < 1.29 is 14.3 Å². The van der Waals surface area contributed by atoms with Gasteiger partial charge in [0.25, 0.3) is 11.5 Å². The number of amides is 3. The molecule has 0 radical (unpaired) electrons. The van der Waals surface area contributed by atoms with Crippen LogP contribution in [0.5, 0.6) is 5.75 Å². The monoisotopic (exact) mass is 563 g/mol. The summed E-state index contributed by atoms with van der Waals surface area (Å²) in [5, 5.41) is 8.82. The molecule has 6 rings (SSSR count). The summed E-state index contributed by atoms with van der Waals surface area (Å²) in [6, 6.07) is 27.3. The first-order valence-corrected chi connectivity index (χ1v) is 14.1. The minimum atomic E-state index is -0.430. The predicted molar refractivity (Wildman–Crippen MR) is 163 cm³/mol. The molecule has 1 saturated heterocycles. The highest BCUT2D eigenvalue weighted by molar-refractivity contribution is 6.04. The number of aromatic nitrogens is 1. The number of fused-ring (bicyclic) bond motifs is 4. The first-order chi connectivity index (χ1) is 20.5. The lowest BCUT2D eigenvalue weighted by molar-refractivity contribution is 0.0951. The third kappa shape index (κ3) is 5.85. The van der Waals surface area contributed by atoms with Crippen LogP contribution in [-0.2, 0) is 13.1 Å². The van der Waals surface area contributed by atoms with Gasteiger partial charge in [-0.05, 0) is 54.3 Å². The zero-order valence-electron chi connectivity index (χ0n) is 23.4. The van der Waals surface area contributed by atoms with Crippen molar-refractivity contribution in [3.8, 4) is 5.75 Å². The highest BCUT2D eigenvalue weighted by atomic mass is 16.5. The van der Waals surface area contributed by atoms with Crippen molar-refractivity contribution in [2.75, 3.05) is 35.7 Å². The lowest BCUT2D eigenvalue weighted by Gasteiger charge is -2.44. The number of pyridine rings is 1. The van der Waals surface area contributed by atoms with Crippen LogP contribution >= 0.6 is 0 Å². The Labute approximate surface area is 244 Å². The first kappa shape index (κ1) is 27.1. The van der Waals surface area contributed by atoms with Crippen molar-refractivity contribution in [1.82, 2.24) is 9.88 Å². The number of carbonyl (C=O) groups excluding carboxylic acids is 2. The molecule has 42 heavy (non-hydrogen) atoms. The summed E-state index contributed by atoms with van der Waals surface area (Å²) in [4.78, 5) is 41.1. The molecule has 3 N–H and O–H groups in total. The lowest BCUT2D eigenvalue weighted by atomic mass is 9.83. The molecule has 214 valence electrons. The van der Waals surface area contributed by atoms with E-state index in [1.807, 2.05) is 53.1 Å². The Morgan fingerprint density at radius 2 is 1.71 bits per heavy atom. The summed E-state index contributed by atoms with van der Waals surface area (Å²) in [7, 11) is 1.57. The largest absolute Gasteiger partial charge is 0.497 e. The average molecular weight is 564 g/mol. The van der Waals surface area contributed by atoms with Crippen molar-refractivity contribution in [3.63, 3.8) is 0 Å². The molecule has 2 aliphatic rings. The van der Waals surface area contributed by atoms with Gasteiger partial charge in [0.15, 0.2) is 0 Å². The molecule has 4 aromatic rings. The van der Waals surface area contributed by atoms with Crippen LogP contribution in [-0.4, -0.2) is 36.7 Å². The molecule has 0 spiro atoms. The van der Waals surface area contributed by atoms with Gasteiger partial charge in [0.2, 0.25) is 0 Å². The number of rotatable bonds is 7. The Morgan fingerprint density at radius 1 is 0.881 bits per heavy atom. The van der Waals surface area contributed by atoms with Crippen molar-refractivity contribution in [1.29, 1.82) is 0 Å². The number of piperidine rings is 1. The number of benzene rings is 3.